The van der Waals surface area contributed by atoms with Crippen LogP contribution in [0.2, 0.25) is 10.0 Å². The average molecular weight is 348 g/mol. The molecule has 1 aromatic carbocycles. The number of halogens is 2. The van der Waals surface area contributed by atoms with Gasteiger partial charge in [0.25, 0.3) is 5.69 Å². The molecule has 0 amide bonds. The van der Waals surface area contributed by atoms with Crippen LogP contribution >= 0.6 is 23.2 Å². The molecule has 0 spiro atoms. The van der Waals surface area contributed by atoms with E-state index in [1.807, 2.05) is 0 Å². The average Bonchev–Trinajstić information content (AvgIpc) is 2.30. The highest BCUT2D eigenvalue weighted by molar-refractivity contribution is 6.42. The largest absolute Gasteiger partial charge is 0.512 e. The van der Waals surface area contributed by atoms with Crippen molar-refractivity contribution >= 4 is 40.4 Å². The first-order valence-corrected chi connectivity index (χ1v) is 6.96. The van der Waals surface area contributed by atoms with E-state index in [1.165, 1.54) is 6.92 Å². The minimum absolute atomic E-state index is 0.0181. The molecular weight excluding hydrogens is 333 g/mol. The molecule has 22 heavy (non-hydrogen) atoms. The second-order valence-corrected chi connectivity index (χ2v) is 6.32. The Kier molecular flexibility index (Phi) is 5.43. The minimum atomic E-state index is -0.894. The number of aliphatic hydroxyl groups excluding tert-OH is 1. The molecule has 8 heteroatoms. The third kappa shape index (κ3) is 4.35. The van der Waals surface area contributed by atoms with E-state index in [0.29, 0.717) is 0 Å². The molecule has 0 radical (unpaired) electrons. The zero-order valence-corrected chi connectivity index (χ0v) is 13.9. The summed E-state index contributed by atoms with van der Waals surface area (Å²) in [6.07, 6.45) is 0. The Morgan fingerprint density at radius 1 is 1.27 bits per heavy atom. The Hall–Kier alpha value is -1.79. The number of benzene rings is 1. The molecule has 0 aliphatic heterocycles. The highest BCUT2D eigenvalue weighted by atomic mass is 35.5. The van der Waals surface area contributed by atoms with Crippen LogP contribution in [-0.4, -0.2) is 21.6 Å². The maximum atomic E-state index is 12.2. The van der Waals surface area contributed by atoms with E-state index in [-0.39, 0.29) is 21.2 Å². The summed E-state index contributed by atoms with van der Waals surface area (Å²) in [5.74, 6) is -1.32. The molecule has 1 aromatic rings. The molecule has 0 heterocycles. The second-order valence-electron chi connectivity index (χ2n) is 5.50. The Balaban J connectivity index is 3.54. The fourth-order valence-electron chi connectivity index (χ4n) is 1.67. The molecule has 0 saturated carbocycles. The van der Waals surface area contributed by atoms with E-state index >= 15 is 0 Å². The molecule has 0 bridgehead atoms. The van der Waals surface area contributed by atoms with Gasteiger partial charge in [-0.05, 0) is 33.8 Å². The summed E-state index contributed by atoms with van der Waals surface area (Å²) >= 11 is 11.6. The van der Waals surface area contributed by atoms with Crippen LogP contribution < -0.4 is 0 Å². The highest BCUT2D eigenvalue weighted by Gasteiger charge is 2.29. The number of hydrogen-bond donors (Lipinski definition) is 1. The predicted octanol–water partition coefficient (Wildman–Crippen LogP) is 4.53. The van der Waals surface area contributed by atoms with Crippen molar-refractivity contribution in [1.82, 2.24) is 0 Å². The molecule has 1 N–H and O–H groups in total. The van der Waals surface area contributed by atoms with E-state index < -0.39 is 27.9 Å². The molecule has 1 rings (SSSR count). The normalized spacial score (nSPS) is 12.6. The SMILES string of the molecule is CC(O)=C(C(=O)OC(C)(C)C)c1cc(Cl)c(Cl)cc1[N+](=O)[O-]. The summed E-state index contributed by atoms with van der Waals surface area (Å²) in [6, 6.07) is 2.17. The van der Waals surface area contributed by atoms with Gasteiger partial charge in [0.1, 0.15) is 16.9 Å². The number of nitro benzene ring substituents is 1. The van der Waals surface area contributed by atoms with Gasteiger partial charge in [-0.2, -0.15) is 0 Å². The molecule has 0 atom stereocenters. The summed E-state index contributed by atoms with van der Waals surface area (Å²) < 4.78 is 5.16. The fourth-order valence-corrected chi connectivity index (χ4v) is 1.99. The van der Waals surface area contributed by atoms with Gasteiger partial charge in [0.05, 0.1) is 20.5 Å². The molecule has 120 valence electrons. The maximum absolute atomic E-state index is 12.2. The van der Waals surface area contributed by atoms with Gasteiger partial charge in [0.15, 0.2) is 0 Å². The lowest BCUT2D eigenvalue weighted by Crippen LogP contribution is -2.25. The van der Waals surface area contributed by atoms with Crippen molar-refractivity contribution < 1.29 is 19.6 Å². The van der Waals surface area contributed by atoms with Gasteiger partial charge in [0.2, 0.25) is 0 Å². The third-order valence-electron chi connectivity index (χ3n) is 2.47. The van der Waals surface area contributed by atoms with Crippen molar-refractivity contribution in [3.63, 3.8) is 0 Å². The molecule has 0 saturated heterocycles. The number of carbonyl (C=O) groups is 1. The number of nitrogens with zero attached hydrogens (tertiary/aromatic N) is 1. The van der Waals surface area contributed by atoms with Crippen molar-refractivity contribution in [2.75, 3.05) is 0 Å². The van der Waals surface area contributed by atoms with Gasteiger partial charge < -0.3 is 9.84 Å². The van der Waals surface area contributed by atoms with Gasteiger partial charge in [-0.25, -0.2) is 4.79 Å². The van der Waals surface area contributed by atoms with Crippen molar-refractivity contribution in [2.45, 2.75) is 33.3 Å². The van der Waals surface area contributed by atoms with Crippen LogP contribution in [0.25, 0.3) is 5.57 Å². The monoisotopic (exact) mass is 347 g/mol. The van der Waals surface area contributed by atoms with Crippen molar-refractivity contribution in [3.8, 4) is 0 Å². The number of hydrogen-bond acceptors (Lipinski definition) is 5. The fraction of sp³-hybridized carbons (Fsp3) is 0.357. The maximum Gasteiger partial charge on any atom is 0.342 e. The summed E-state index contributed by atoms with van der Waals surface area (Å²) in [7, 11) is 0. The summed E-state index contributed by atoms with van der Waals surface area (Å²) in [5, 5.41) is 20.9. The molecule has 0 aliphatic rings. The van der Waals surface area contributed by atoms with Crippen LogP contribution in [0.15, 0.2) is 17.9 Å². The quantitative estimate of drug-likeness (QED) is 0.285. The molecule has 0 unspecified atom stereocenters. The molecule has 6 nitrogen and oxygen atoms in total. The Morgan fingerprint density at radius 3 is 2.18 bits per heavy atom. The zero-order valence-electron chi connectivity index (χ0n) is 12.4. The van der Waals surface area contributed by atoms with Crippen LogP contribution in [0.4, 0.5) is 5.69 Å². The number of allylic oxidation sites excluding steroid dienone is 1. The number of nitro groups is 1. The zero-order chi connectivity index (χ0) is 17.2. The van der Waals surface area contributed by atoms with Gasteiger partial charge >= 0.3 is 5.97 Å². The van der Waals surface area contributed by atoms with E-state index in [4.69, 9.17) is 27.9 Å². The summed E-state index contributed by atoms with van der Waals surface area (Å²) in [4.78, 5) is 22.7. The van der Waals surface area contributed by atoms with Crippen LogP contribution in [-0.2, 0) is 9.53 Å². The Bertz CT molecular complexity index is 658. The van der Waals surface area contributed by atoms with Gasteiger partial charge in [0, 0.05) is 6.07 Å². The number of esters is 1. The van der Waals surface area contributed by atoms with Crippen molar-refractivity contribution in [1.29, 1.82) is 0 Å². The number of aliphatic hydroxyl groups is 1. The van der Waals surface area contributed by atoms with Gasteiger partial charge in [-0.3, -0.25) is 10.1 Å². The number of ether oxygens (including phenoxy) is 1. The smallest absolute Gasteiger partial charge is 0.342 e. The van der Waals surface area contributed by atoms with Crippen LogP contribution in [0.1, 0.15) is 33.3 Å². The molecular formula is C14H15Cl2NO5. The summed E-state index contributed by atoms with van der Waals surface area (Å²) in [5.41, 5.74) is -1.78. The Labute approximate surface area is 137 Å². The minimum Gasteiger partial charge on any atom is -0.512 e. The van der Waals surface area contributed by atoms with Gasteiger partial charge in [-0.15, -0.1) is 0 Å². The first-order chi connectivity index (χ1) is 9.94. The first kappa shape index (κ1) is 18.3. The van der Waals surface area contributed by atoms with Crippen LogP contribution in [0, 0.1) is 10.1 Å². The third-order valence-corrected chi connectivity index (χ3v) is 3.19. The lowest BCUT2D eigenvalue weighted by molar-refractivity contribution is -0.385. The number of rotatable bonds is 3. The van der Waals surface area contributed by atoms with Gasteiger partial charge in [-0.1, -0.05) is 23.2 Å². The Morgan fingerprint density at radius 2 is 1.77 bits per heavy atom. The summed E-state index contributed by atoms with van der Waals surface area (Å²) in [6.45, 7) is 6.14. The van der Waals surface area contributed by atoms with Crippen molar-refractivity contribution in [2.24, 2.45) is 0 Å². The molecule has 0 aliphatic carbocycles. The van der Waals surface area contributed by atoms with Crippen LogP contribution in [0.3, 0.4) is 0 Å². The first-order valence-electron chi connectivity index (χ1n) is 6.21. The standard InChI is InChI=1S/C14H15Cl2NO5/c1-7(18)12(13(19)22-14(2,3)4)8-5-9(15)10(16)6-11(8)17(20)21/h5-6,18H,1-4H3. The lowest BCUT2D eigenvalue weighted by atomic mass is 10.0. The van der Waals surface area contributed by atoms with E-state index in [2.05, 4.69) is 0 Å². The lowest BCUT2D eigenvalue weighted by Gasteiger charge is -2.21. The van der Waals surface area contributed by atoms with Crippen LogP contribution in [0.5, 0.6) is 0 Å². The number of carbonyl (C=O) groups excluding carboxylic acids is 1. The second kappa shape index (κ2) is 6.54. The van der Waals surface area contributed by atoms with E-state index in [9.17, 15) is 20.0 Å². The topological polar surface area (TPSA) is 89.7 Å². The van der Waals surface area contributed by atoms with E-state index in [0.717, 1.165) is 12.1 Å². The highest BCUT2D eigenvalue weighted by Crippen LogP contribution is 2.36. The molecule has 0 fully saturated rings. The van der Waals surface area contributed by atoms with Crippen molar-refractivity contribution in [3.05, 3.63) is 43.6 Å². The predicted molar refractivity (Wildman–Crippen MR) is 84.2 cm³/mol. The van der Waals surface area contributed by atoms with E-state index in [1.54, 1.807) is 20.8 Å². The molecule has 0 aromatic heterocycles.